The molecule has 3 rings (SSSR count). The third kappa shape index (κ3) is 3.33. The summed E-state index contributed by atoms with van der Waals surface area (Å²) in [6.45, 7) is 2.88. The van der Waals surface area contributed by atoms with Crippen LogP contribution in [0.5, 0.6) is 0 Å². The molecule has 3 nitrogen and oxygen atoms in total. The van der Waals surface area contributed by atoms with E-state index in [1.165, 1.54) is 17.7 Å². The van der Waals surface area contributed by atoms with Crippen LogP contribution in [-0.4, -0.2) is 42.2 Å². The van der Waals surface area contributed by atoms with Crippen LogP contribution < -0.4 is 5.32 Å². The molecule has 1 amide bonds. The minimum Gasteiger partial charge on any atom is -0.341 e. The van der Waals surface area contributed by atoms with Gasteiger partial charge in [-0.25, -0.2) is 0 Å². The molecular weight excluding hydrogens is 292 g/mol. The van der Waals surface area contributed by atoms with Crippen molar-refractivity contribution in [1.82, 2.24) is 10.2 Å². The maximum Gasteiger partial charge on any atom is 0.239 e. The summed E-state index contributed by atoms with van der Waals surface area (Å²) in [5, 5.41) is 3.24. The summed E-state index contributed by atoms with van der Waals surface area (Å²) in [6.07, 6.45) is 5.55. The molecular formula is C18H26N2OS. The van der Waals surface area contributed by atoms with Crippen molar-refractivity contribution in [3.63, 3.8) is 0 Å². The fourth-order valence-electron chi connectivity index (χ4n) is 3.78. The van der Waals surface area contributed by atoms with Crippen LogP contribution >= 0.6 is 11.8 Å². The Bertz CT molecular complexity index is 499. The highest BCUT2D eigenvalue weighted by Gasteiger charge is 2.45. The third-order valence-corrected chi connectivity index (χ3v) is 6.40. The Balaban J connectivity index is 1.72. The van der Waals surface area contributed by atoms with Crippen molar-refractivity contribution in [2.24, 2.45) is 5.92 Å². The lowest BCUT2D eigenvalue weighted by Gasteiger charge is -2.32. The van der Waals surface area contributed by atoms with Gasteiger partial charge in [0, 0.05) is 18.0 Å². The number of nitrogens with one attached hydrogen (secondary N) is 1. The molecule has 1 aliphatic heterocycles. The number of thioether (sulfide) groups is 1. The van der Waals surface area contributed by atoms with Crippen LogP contribution in [0.15, 0.2) is 35.2 Å². The van der Waals surface area contributed by atoms with Crippen molar-refractivity contribution < 1.29 is 4.79 Å². The normalized spacial score (nSPS) is 23.9. The van der Waals surface area contributed by atoms with Gasteiger partial charge in [0.1, 0.15) is 0 Å². The van der Waals surface area contributed by atoms with Crippen molar-refractivity contribution in [2.45, 2.75) is 41.7 Å². The average Bonchev–Trinajstić information content (AvgIpc) is 3.18. The molecule has 1 unspecified atom stereocenters. The molecule has 1 aliphatic carbocycles. The van der Waals surface area contributed by atoms with Gasteiger partial charge in [0.2, 0.25) is 5.91 Å². The molecule has 1 saturated carbocycles. The van der Waals surface area contributed by atoms with Crippen molar-refractivity contribution in [2.75, 3.05) is 26.7 Å². The van der Waals surface area contributed by atoms with Crippen molar-refractivity contribution in [3.05, 3.63) is 30.3 Å². The molecule has 0 spiro atoms. The van der Waals surface area contributed by atoms with Gasteiger partial charge in [0.05, 0.1) is 4.75 Å². The second-order valence-electron chi connectivity index (χ2n) is 6.58. The quantitative estimate of drug-likeness (QED) is 0.905. The number of nitrogens with zero attached hydrogens (tertiary/aromatic N) is 1. The molecule has 1 aromatic carbocycles. The van der Waals surface area contributed by atoms with Crippen molar-refractivity contribution in [3.8, 4) is 0 Å². The Morgan fingerprint density at radius 2 is 2.05 bits per heavy atom. The van der Waals surface area contributed by atoms with Crippen LogP contribution in [0.4, 0.5) is 0 Å². The van der Waals surface area contributed by atoms with Crippen LogP contribution in [0.2, 0.25) is 0 Å². The van der Waals surface area contributed by atoms with Gasteiger partial charge in [-0.2, -0.15) is 0 Å². The largest absolute Gasteiger partial charge is 0.341 e. The second kappa shape index (κ2) is 7.05. The van der Waals surface area contributed by atoms with E-state index in [9.17, 15) is 4.79 Å². The summed E-state index contributed by atoms with van der Waals surface area (Å²) < 4.78 is -0.212. The molecule has 1 heterocycles. The number of benzene rings is 1. The molecule has 22 heavy (non-hydrogen) atoms. The molecule has 0 radical (unpaired) electrons. The minimum atomic E-state index is -0.212. The maximum atomic E-state index is 13.2. The highest BCUT2D eigenvalue weighted by molar-refractivity contribution is 8.01. The summed E-state index contributed by atoms with van der Waals surface area (Å²) in [5.74, 6) is 1.01. The number of hydrogen-bond acceptors (Lipinski definition) is 3. The second-order valence-corrected chi connectivity index (χ2v) is 8.04. The SMILES string of the molecule is CNCC1CCN(C(=O)C2(Sc3ccccc3)CCCC2)C1. The Hall–Kier alpha value is -1.00. The van der Waals surface area contributed by atoms with E-state index in [-0.39, 0.29) is 4.75 Å². The first kappa shape index (κ1) is 15.9. The first-order valence-corrected chi connectivity index (χ1v) is 9.23. The Morgan fingerprint density at radius 3 is 2.73 bits per heavy atom. The number of amides is 1. The fourth-order valence-corrected chi connectivity index (χ4v) is 5.23. The molecule has 0 bridgehead atoms. The average molecular weight is 318 g/mol. The lowest BCUT2D eigenvalue weighted by atomic mass is 10.1. The zero-order valence-electron chi connectivity index (χ0n) is 13.4. The summed E-state index contributed by atoms with van der Waals surface area (Å²) in [6, 6.07) is 10.4. The van der Waals surface area contributed by atoms with E-state index in [0.717, 1.165) is 38.9 Å². The van der Waals surface area contributed by atoms with Gasteiger partial charge >= 0.3 is 0 Å². The van der Waals surface area contributed by atoms with Crippen molar-refractivity contribution in [1.29, 1.82) is 0 Å². The molecule has 4 heteroatoms. The topological polar surface area (TPSA) is 32.3 Å². The van der Waals surface area contributed by atoms with Gasteiger partial charge in [-0.15, -0.1) is 11.8 Å². The van der Waals surface area contributed by atoms with E-state index >= 15 is 0 Å². The lowest BCUT2D eigenvalue weighted by Crippen LogP contribution is -2.44. The van der Waals surface area contributed by atoms with Crippen molar-refractivity contribution >= 4 is 17.7 Å². The van der Waals surface area contributed by atoms with E-state index < -0.39 is 0 Å². The van der Waals surface area contributed by atoms with E-state index in [2.05, 4.69) is 34.5 Å². The highest BCUT2D eigenvalue weighted by atomic mass is 32.2. The summed E-state index contributed by atoms with van der Waals surface area (Å²) >= 11 is 1.80. The van der Waals surface area contributed by atoms with E-state index in [4.69, 9.17) is 0 Å². The molecule has 2 aliphatic rings. The van der Waals surface area contributed by atoms with Crippen LogP contribution in [0.3, 0.4) is 0 Å². The predicted octanol–water partition coefficient (Wildman–Crippen LogP) is 3.16. The standard InChI is InChI=1S/C18H26N2OS/c1-19-13-15-9-12-20(14-15)17(21)18(10-5-6-11-18)22-16-7-3-2-4-8-16/h2-4,7-8,15,19H,5-6,9-14H2,1H3. The van der Waals surface area contributed by atoms with E-state index in [0.29, 0.717) is 11.8 Å². The smallest absolute Gasteiger partial charge is 0.239 e. The number of rotatable bonds is 5. The molecule has 1 atom stereocenters. The molecule has 120 valence electrons. The van der Waals surface area contributed by atoms with E-state index in [1.54, 1.807) is 11.8 Å². The monoisotopic (exact) mass is 318 g/mol. The van der Waals surface area contributed by atoms with Gasteiger partial charge in [-0.1, -0.05) is 31.0 Å². The zero-order valence-corrected chi connectivity index (χ0v) is 14.2. The Labute approximate surface area is 137 Å². The first-order valence-electron chi connectivity index (χ1n) is 8.41. The van der Waals surface area contributed by atoms with Crippen LogP contribution in [0.1, 0.15) is 32.1 Å². The fraction of sp³-hybridized carbons (Fsp3) is 0.611. The molecule has 1 saturated heterocycles. The van der Waals surface area contributed by atoms with Gasteiger partial charge in [0.15, 0.2) is 0 Å². The lowest BCUT2D eigenvalue weighted by molar-refractivity contribution is -0.132. The maximum absolute atomic E-state index is 13.2. The number of carbonyl (C=O) groups excluding carboxylic acids is 1. The van der Waals surface area contributed by atoms with Gasteiger partial charge in [-0.3, -0.25) is 4.79 Å². The van der Waals surface area contributed by atoms with Crippen LogP contribution in [0.25, 0.3) is 0 Å². The molecule has 1 N–H and O–H groups in total. The summed E-state index contributed by atoms with van der Waals surface area (Å²) in [5.41, 5.74) is 0. The van der Waals surface area contributed by atoms with E-state index in [1.807, 2.05) is 13.1 Å². The summed E-state index contributed by atoms with van der Waals surface area (Å²) in [4.78, 5) is 16.6. The van der Waals surface area contributed by atoms with Gasteiger partial charge in [-0.05, 0) is 50.9 Å². The van der Waals surface area contributed by atoms with Gasteiger partial charge in [0.25, 0.3) is 0 Å². The minimum absolute atomic E-state index is 0.212. The predicted molar refractivity (Wildman–Crippen MR) is 92.1 cm³/mol. The number of hydrogen-bond donors (Lipinski definition) is 1. The number of likely N-dealkylation sites (tertiary alicyclic amines) is 1. The van der Waals surface area contributed by atoms with Crippen LogP contribution in [-0.2, 0) is 4.79 Å². The highest BCUT2D eigenvalue weighted by Crippen LogP contribution is 2.47. The Morgan fingerprint density at radius 1 is 1.32 bits per heavy atom. The number of carbonyl (C=O) groups is 1. The Kier molecular flexibility index (Phi) is 5.09. The molecule has 2 fully saturated rings. The van der Waals surface area contributed by atoms with Gasteiger partial charge < -0.3 is 10.2 Å². The molecule has 0 aromatic heterocycles. The van der Waals surface area contributed by atoms with Crippen LogP contribution in [0, 0.1) is 5.92 Å². The first-order chi connectivity index (χ1) is 10.7. The zero-order chi connectivity index (χ0) is 15.4. The summed E-state index contributed by atoms with van der Waals surface area (Å²) in [7, 11) is 1.99. The third-order valence-electron chi connectivity index (χ3n) is 4.92. The molecule has 1 aromatic rings.